The van der Waals surface area contributed by atoms with Gasteiger partial charge in [-0.3, -0.25) is 4.79 Å². The Balaban J connectivity index is 2.41. The van der Waals surface area contributed by atoms with Gasteiger partial charge in [-0.05, 0) is 17.7 Å². The molecular weight excluding hydrogens is 312 g/mol. The van der Waals surface area contributed by atoms with Gasteiger partial charge >= 0.3 is 11.9 Å². The first-order valence-corrected chi connectivity index (χ1v) is 7.07. The largest absolute Gasteiger partial charge is 0.488 e. The smallest absolute Gasteiger partial charge is 0.338 e. The molecule has 0 fully saturated rings. The van der Waals surface area contributed by atoms with Crippen LogP contribution in [0.3, 0.4) is 0 Å². The zero-order chi connectivity index (χ0) is 17.5. The van der Waals surface area contributed by atoms with E-state index in [2.05, 4.69) is 9.47 Å². The maximum atomic E-state index is 11.9. The predicted molar refractivity (Wildman–Crippen MR) is 85.3 cm³/mol. The summed E-state index contributed by atoms with van der Waals surface area (Å²) in [7, 11) is 2.38. The molecule has 6 heteroatoms. The summed E-state index contributed by atoms with van der Waals surface area (Å²) >= 11 is 0. The van der Waals surface area contributed by atoms with E-state index < -0.39 is 11.9 Å². The van der Waals surface area contributed by atoms with Gasteiger partial charge in [0.1, 0.15) is 12.4 Å². The van der Waals surface area contributed by atoms with Gasteiger partial charge in [-0.25, -0.2) is 9.59 Å². The highest BCUT2D eigenvalue weighted by Gasteiger charge is 2.22. The van der Waals surface area contributed by atoms with E-state index in [-0.39, 0.29) is 29.0 Å². The normalized spacial score (nSPS) is 9.92. The summed E-state index contributed by atoms with van der Waals surface area (Å²) < 4.78 is 14.9. The van der Waals surface area contributed by atoms with Gasteiger partial charge in [-0.15, -0.1) is 0 Å². The van der Waals surface area contributed by atoms with Crippen molar-refractivity contribution < 1.29 is 28.6 Å². The topological polar surface area (TPSA) is 78.9 Å². The van der Waals surface area contributed by atoms with Crippen LogP contribution in [0, 0.1) is 0 Å². The van der Waals surface area contributed by atoms with E-state index in [1.165, 1.54) is 26.4 Å². The van der Waals surface area contributed by atoms with Crippen LogP contribution in [0.5, 0.6) is 5.75 Å². The Hall–Kier alpha value is -3.15. The Morgan fingerprint density at radius 3 is 2.08 bits per heavy atom. The second-order valence-electron chi connectivity index (χ2n) is 4.81. The molecule has 0 amide bonds. The van der Waals surface area contributed by atoms with Crippen LogP contribution in [0.1, 0.15) is 36.6 Å². The number of rotatable bonds is 6. The zero-order valence-corrected chi connectivity index (χ0v) is 13.3. The van der Waals surface area contributed by atoms with Crippen LogP contribution < -0.4 is 4.74 Å². The highest BCUT2D eigenvalue weighted by atomic mass is 16.5. The summed E-state index contributed by atoms with van der Waals surface area (Å²) in [6, 6.07) is 11.9. The van der Waals surface area contributed by atoms with Gasteiger partial charge in [0.25, 0.3) is 0 Å². The van der Waals surface area contributed by atoms with Gasteiger partial charge in [0.15, 0.2) is 6.29 Å². The molecule has 0 unspecified atom stereocenters. The zero-order valence-electron chi connectivity index (χ0n) is 13.3. The molecule has 124 valence electrons. The first-order chi connectivity index (χ1) is 11.6. The number of benzene rings is 2. The SMILES string of the molecule is COC(=O)c1cc(C=O)c(OCc2ccccc2)cc1C(=O)OC. The molecule has 24 heavy (non-hydrogen) atoms. The Morgan fingerprint density at radius 2 is 1.54 bits per heavy atom. The molecule has 0 radical (unpaired) electrons. The molecule has 0 aromatic heterocycles. The summed E-state index contributed by atoms with van der Waals surface area (Å²) in [5.41, 5.74) is 0.946. The van der Waals surface area contributed by atoms with E-state index in [4.69, 9.17) is 4.74 Å². The van der Waals surface area contributed by atoms with E-state index in [9.17, 15) is 14.4 Å². The number of hydrogen-bond acceptors (Lipinski definition) is 6. The van der Waals surface area contributed by atoms with Crippen LogP contribution in [0.2, 0.25) is 0 Å². The molecule has 0 atom stereocenters. The monoisotopic (exact) mass is 328 g/mol. The van der Waals surface area contributed by atoms with Crippen molar-refractivity contribution in [2.45, 2.75) is 6.61 Å². The fourth-order valence-electron chi connectivity index (χ4n) is 2.11. The summed E-state index contributed by atoms with van der Waals surface area (Å²) in [5, 5.41) is 0. The van der Waals surface area contributed by atoms with Crippen molar-refractivity contribution in [2.24, 2.45) is 0 Å². The summed E-state index contributed by atoms with van der Waals surface area (Å²) in [6.07, 6.45) is 0.549. The van der Waals surface area contributed by atoms with Crippen molar-refractivity contribution in [1.29, 1.82) is 0 Å². The molecule has 0 saturated carbocycles. The van der Waals surface area contributed by atoms with Crippen molar-refractivity contribution in [3.05, 3.63) is 64.7 Å². The molecule has 0 aliphatic rings. The number of carbonyl (C=O) groups is 3. The van der Waals surface area contributed by atoms with E-state index in [1.54, 1.807) is 0 Å². The second kappa shape index (κ2) is 7.92. The Labute approximate surface area is 139 Å². The van der Waals surface area contributed by atoms with Gasteiger partial charge in [0, 0.05) is 0 Å². The molecule has 6 nitrogen and oxygen atoms in total. The first-order valence-electron chi connectivity index (χ1n) is 7.07. The molecule has 2 rings (SSSR count). The lowest BCUT2D eigenvalue weighted by Crippen LogP contribution is -2.13. The van der Waals surface area contributed by atoms with Gasteiger partial charge in [0.05, 0.1) is 30.9 Å². The fraction of sp³-hybridized carbons (Fsp3) is 0.167. The van der Waals surface area contributed by atoms with E-state index in [0.717, 1.165) is 5.56 Å². The molecular formula is C18H16O6. The Morgan fingerprint density at radius 1 is 0.958 bits per heavy atom. The average molecular weight is 328 g/mol. The Bertz CT molecular complexity index is 752. The van der Waals surface area contributed by atoms with Crippen molar-refractivity contribution >= 4 is 18.2 Å². The van der Waals surface area contributed by atoms with Crippen molar-refractivity contribution in [2.75, 3.05) is 14.2 Å². The quantitative estimate of drug-likeness (QED) is 0.599. The molecule has 0 aliphatic carbocycles. The second-order valence-corrected chi connectivity index (χ2v) is 4.81. The lowest BCUT2D eigenvalue weighted by Gasteiger charge is -2.13. The number of ether oxygens (including phenoxy) is 3. The van der Waals surface area contributed by atoms with Gasteiger partial charge in [-0.1, -0.05) is 30.3 Å². The van der Waals surface area contributed by atoms with Crippen LogP contribution in [0.25, 0.3) is 0 Å². The fourth-order valence-corrected chi connectivity index (χ4v) is 2.11. The third-order valence-corrected chi connectivity index (χ3v) is 3.32. The summed E-state index contributed by atoms with van der Waals surface area (Å²) in [5.74, 6) is -1.28. The maximum Gasteiger partial charge on any atom is 0.338 e. The van der Waals surface area contributed by atoms with E-state index >= 15 is 0 Å². The number of esters is 2. The highest BCUT2D eigenvalue weighted by Crippen LogP contribution is 2.25. The minimum Gasteiger partial charge on any atom is -0.488 e. The van der Waals surface area contributed by atoms with Gasteiger partial charge in [-0.2, -0.15) is 0 Å². The average Bonchev–Trinajstić information content (AvgIpc) is 2.65. The lowest BCUT2D eigenvalue weighted by atomic mass is 10.0. The number of methoxy groups -OCH3 is 2. The van der Waals surface area contributed by atoms with Crippen LogP contribution in [0.15, 0.2) is 42.5 Å². The van der Waals surface area contributed by atoms with Crippen LogP contribution in [-0.2, 0) is 16.1 Å². The maximum absolute atomic E-state index is 11.9. The predicted octanol–water partition coefficient (Wildman–Crippen LogP) is 2.65. The molecule has 0 N–H and O–H groups in total. The van der Waals surface area contributed by atoms with Crippen LogP contribution in [0.4, 0.5) is 0 Å². The first kappa shape index (κ1) is 17.2. The lowest BCUT2D eigenvalue weighted by molar-refractivity contribution is 0.0554. The minimum absolute atomic E-state index is 0.0296. The van der Waals surface area contributed by atoms with Gasteiger partial charge in [0.2, 0.25) is 0 Å². The molecule has 0 bridgehead atoms. The molecule has 2 aromatic carbocycles. The Kier molecular flexibility index (Phi) is 5.68. The van der Waals surface area contributed by atoms with Crippen molar-refractivity contribution in [1.82, 2.24) is 0 Å². The van der Waals surface area contributed by atoms with Crippen LogP contribution >= 0.6 is 0 Å². The van der Waals surface area contributed by atoms with Crippen LogP contribution in [-0.4, -0.2) is 32.4 Å². The van der Waals surface area contributed by atoms with Crippen molar-refractivity contribution in [3.8, 4) is 5.75 Å². The molecule has 0 aliphatic heterocycles. The van der Waals surface area contributed by atoms with Gasteiger partial charge < -0.3 is 14.2 Å². The highest BCUT2D eigenvalue weighted by molar-refractivity contribution is 6.05. The number of aldehydes is 1. The summed E-state index contributed by atoms with van der Waals surface area (Å²) in [6.45, 7) is 0.208. The third kappa shape index (κ3) is 3.78. The number of hydrogen-bond donors (Lipinski definition) is 0. The number of carbonyl (C=O) groups excluding carboxylic acids is 3. The van der Waals surface area contributed by atoms with Crippen molar-refractivity contribution in [3.63, 3.8) is 0 Å². The molecule has 2 aromatic rings. The van der Waals surface area contributed by atoms with E-state index in [1.807, 2.05) is 30.3 Å². The third-order valence-electron chi connectivity index (χ3n) is 3.32. The molecule has 0 saturated heterocycles. The van der Waals surface area contributed by atoms with E-state index in [0.29, 0.717) is 6.29 Å². The molecule has 0 spiro atoms. The molecule has 0 heterocycles. The summed E-state index contributed by atoms with van der Waals surface area (Å²) in [4.78, 5) is 35.0. The standard InChI is InChI=1S/C18H16O6/c1-22-17(20)14-8-13(10-19)16(9-15(14)18(21)23-2)24-11-12-6-4-3-5-7-12/h3-10H,11H2,1-2H3. The minimum atomic E-state index is -0.742.